The molecule has 104 valence electrons. The first-order valence-corrected chi connectivity index (χ1v) is 6.99. The van der Waals surface area contributed by atoms with Gasteiger partial charge < -0.3 is 14.6 Å². The average molecular weight is 270 g/mol. The lowest BCUT2D eigenvalue weighted by molar-refractivity contribution is -0.105. The fourth-order valence-electron chi connectivity index (χ4n) is 2.39. The van der Waals surface area contributed by atoms with Crippen LogP contribution in [-0.4, -0.2) is 18.0 Å². The van der Waals surface area contributed by atoms with Gasteiger partial charge in [0.05, 0.1) is 6.61 Å². The first-order chi connectivity index (χ1) is 9.83. The highest BCUT2D eigenvalue weighted by molar-refractivity contribution is 5.70. The predicted molar refractivity (Wildman–Crippen MR) is 77.8 cm³/mol. The number of phenolic OH excluding ortho intramolecular Hbond substituents is 1. The molecule has 0 aromatic heterocycles. The molecule has 1 aliphatic heterocycles. The number of rotatable bonds is 3. The number of ether oxygens (including phenoxy) is 2. The smallest absolute Gasteiger partial charge is 0.199 e. The lowest BCUT2D eigenvalue weighted by atomic mass is 10.0. The van der Waals surface area contributed by atoms with Crippen LogP contribution in [-0.2, 0) is 4.74 Å². The zero-order chi connectivity index (χ0) is 13.8. The highest BCUT2D eigenvalue weighted by Gasteiger charge is 2.15. The maximum Gasteiger partial charge on any atom is 0.199 e. The van der Waals surface area contributed by atoms with Gasteiger partial charge in [0.15, 0.2) is 6.29 Å². The molecule has 20 heavy (non-hydrogen) atoms. The summed E-state index contributed by atoms with van der Waals surface area (Å²) >= 11 is 0. The lowest BCUT2D eigenvalue weighted by Gasteiger charge is -2.23. The quantitative estimate of drug-likeness (QED) is 0.917. The summed E-state index contributed by atoms with van der Waals surface area (Å²) in [5.74, 6) is 1.09. The van der Waals surface area contributed by atoms with Gasteiger partial charge in [0.1, 0.15) is 11.5 Å². The van der Waals surface area contributed by atoms with Crippen molar-refractivity contribution in [1.82, 2.24) is 0 Å². The second-order valence-corrected chi connectivity index (χ2v) is 4.96. The molecule has 2 aromatic rings. The van der Waals surface area contributed by atoms with Crippen LogP contribution < -0.4 is 4.74 Å². The van der Waals surface area contributed by atoms with Gasteiger partial charge in [-0.25, -0.2) is 0 Å². The van der Waals surface area contributed by atoms with Gasteiger partial charge in [-0.15, -0.1) is 0 Å². The third-order valence-corrected chi connectivity index (χ3v) is 3.47. The maximum absolute atomic E-state index is 9.84. The van der Waals surface area contributed by atoms with Crippen molar-refractivity contribution in [2.45, 2.75) is 25.6 Å². The Labute approximate surface area is 118 Å². The van der Waals surface area contributed by atoms with Gasteiger partial charge in [-0.2, -0.15) is 0 Å². The van der Waals surface area contributed by atoms with Gasteiger partial charge in [0.25, 0.3) is 0 Å². The molecule has 0 amide bonds. The van der Waals surface area contributed by atoms with Crippen LogP contribution in [0, 0.1) is 0 Å². The van der Waals surface area contributed by atoms with E-state index in [1.807, 2.05) is 42.5 Å². The minimum Gasteiger partial charge on any atom is -0.507 e. The third kappa shape index (κ3) is 2.94. The van der Waals surface area contributed by atoms with Crippen molar-refractivity contribution >= 4 is 0 Å². The van der Waals surface area contributed by atoms with Crippen LogP contribution in [0.2, 0.25) is 0 Å². The summed E-state index contributed by atoms with van der Waals surface area (Å²) < 4.78 is 11.3. The van der Waals surface area contributed by atoms with E-state index in [2.05, 4.69) is 0 Å². The van der Waals surface area contributed by atoms with Crippen molar-refractivity contribution in [3.63, 3.8) is 0 Å². The molecule has 1 saturated heterocycles. The first-order valence-electron chi connectivity index (χ1n) is 6.99. The first kappa shape index (κ1) is 13.0. The lowest BCUT2D eigenvalue weighted by Crippen LogP contribution is -2.24. The average Bonchev–Trinajstić information content (AvgIpc) is 2.50. The molecular weight excluding hydrogens is 252 g/mol. The summed E-state index contributed by atoms with van der Waals surface area (Å²) in [5.41, 5.74) is 1.80. The molecule has 1 N–H and O–H groups in total. The molecule has 3 nitrogen and oxygen atoms in total. The van der Waals surface area contributed by atoms with E-state index in [1.165, 1.54) is 0 Å². The normalized spacial score (nSPS) is 18.7. The molecule has 2 aromatic carbocycles. The summed E-state index contributed by atoms with van der Waals surface area (Å²) in [5, 5.41) is 9.84. The number of hydrogen-bond acceptors (Lipinski definition) is 3. The number of hydrogen-bond donors (Lipinski definition) is 1. The second kappa shape index (κ2) is 5.97. The Morgan fingerprint density at radius 3 is 2.50 bits per heavy atom. The van der Waals surface area contributed by atoms with Crippen LogP contribution >= 0.6 is 0 Å². The van der Waals surface area contributed by atoms with Gasteiger partial charge in [-0.3, -0.25) is 0 Å². The third-order valence-electron chi connectivity index (χ3n) is 3.47. The van der Waals surface area contributed by atoms with E-state index in [0.29, 0.717) is 0 Å². The SMILES string of the molecule is Oc1ccccc1-c1ccc(OC2CCCCO2)cc1. The fourth-order valence-corrected chi connectivity index (χ4v) is 2.39. The Morgan fingerprint density at radius 2 is 1.80 bits per heavy atom. The molecule has 1 heterocycles. The summed E-state index contributed by atoms with van der Waals surface area (Å²) in [6.07, 6.45) is 3.09. The van der Waals surface area contributed by atoms with Gasteiger partial charge in [0.2, 0.25) is 0 Å². The molecule has 0 radical (unpaired) electrons. The van der Waals surface area contributed by atoms with Crippen molar-refractivity contribution < 1.29 is 14.6 Å². The Balaban J connectivity index is 1.73. The van der Waals surface area contributed by atoms with Crippen LogP contribution in [0.25, 0.3) is 11.1 Å². The molecule has 0 spiro atoms. The van der Waals surface area contributed by atoms with Gasteiger partial charge >= 0.3 is 0 Å². The molecule has 0 saturated carbocycles. The van der Waals surface area contributed by atoms with Crippen molar-refractivity contribution in [1.29, 1.82) is 0 Å². The van der Waals surface area contributed by atoms with E-state index in [0.717, 1.165) is 42.7 Å². The van der Waals surface area contributed by atoms with E-state index >= 15 is 0 Å². The molecule has 3 rings (SSSR count). The summed E-state index contributed by atoms with van der Waals surface area (Å²) in [6, 6.07) is 15.1. The van der Waals surface area contributed by atoms with E-state index in [4.69, 9.17) is 9.47 Å². The van der Waals surface area contributed by atoms with Crippen molar-refractivity contribution in [2.24, 2.45) is 0 Å². The van der Waals surface area contributed by atoms with Gasteiger partial charge in [0, 0.05) is 12.0 Å². The number of para-hydroxylation sites is 1. The molecule has 1 unspecified atom stereocenters. The highest BCUT2D eigenvalue weighted by atomic mass is 16.7. The van der Waals surface area contributed by atoms with Crippen molar-refractivity contribution in [2.75, 3.05) is 6.61 Å². The van der Waals surface area contributed by atoms with Crippen LogP contribution in [0.3, 0.4) is 0 Å². The largest absolute Gasteiger partial charge is 0.507 e. The Morgan fingerprint density at radius 1 is 1.00 bits per heavy atom. The van der Waals surface area contributed by atoms with Gasteiger partial charge in [-0.05, 0) is 36.6 Å². The molecule has 0 bridgehead atoms. The minimum absolute atomic E-state index is 0.125. The monoisotopic (exact) mass is 270 g/mol. The highest BCUT2D eigenvalue weighted by Crippen LogP contribution is 2.30. The molecular formula is C17H18O3. The Kier molecular flexibility index (Phi) is 3.88. The summed E-state index contributed by atoms with van der Waals surface area (Å²) in [6.45, 7) is 0.778. The van der Waals surface area contributed by atoms with Gasteiger partial charge in [-0.1, -0.05) is 30.3 Å². The van der Waals surface area contributed by atoms with E-state index in [9.17, 15) is 5.11 Å². The number of phenols is 1. The van der Waals surface area contributed by atoms with Crippen LogP contribution in [0.5, 0.6) is 11.5 Å². The minimum atomic E-state index is -0.125. The van der Waals surface area contributed by atoms with Crippen LogP contribution in [0.4, 0.5) is 0 Å². The zero-order valence-corrected chi connectivity index (χ0v) is 11.3. The second-order valence-electron chi connectivity index (χ2n) is 4.96. The van der Waals surface area contributed by atoms with Crippen LogP contribution in [0.1, 0.15) is 19.3 Å². The summed E-state index contributed by atoms with van der Waals surface area (Å²) in [7, 11) is 0. The van der Waals surface area contributed by atoms with Crippen molar-refractivity contribution in [3.8, 4) is 22.6 Å². The standard InChI is InChI=1S/C17H18O3/c18-16-6-2-1-5-15(16)13-8-10-14(11-9-13)20-17-7-3-4-12-19-17/h1-2,5-6,8-11,17-18H,3-4,7,12H2. The molecule has 0 aliphatic carbocycles. The Bertz CT molecular complexity index is 557. The number of benzene rings is 2. The van der Waals surface area contributed by atoms with E-state index in [1.54, 1.807) is 6.07 Å². The van der Waals surface area contributed by atoms with Crippen LogP contribution in [0.15, 0.2) is 48.5 Å². The van der Waals surface area contributed by atoms with E-state index < -0.39 is 0 Å². The molecule has 1 atom stereocenters. The topological polar surface area (TPSA) is 38.7 Å². The molecule has 3 heteroatoms. The predicted octanol–water partition coefficient (Wildman–Crippen LogP) is 3.96. The Hall–Kier alpha value is -2.00. The summed E-state index contributed by atoms with van der Waals surface area (Å²) in [4.78, 5) is 0. The number of aromatic hydroxyl groups is 1. The maximum atomic E-state index is 9.84. The van der Waals surface area contributed by atoms with E-state index in [-0.39, 0.29) is 12.0 Å². The molecule has 1 fully saturated rings. The fraction of sp³-hybridized carbons (Fsp3) is 0.294. The van der Waals surface area contributed by atoms with Crippen molar-refractivity contribution in [3.05, 3.63) is 48.5 Å². The zero-order valence-electron chi connectivity index (χ0n) is 11.3. The molecule has 1 aliphatic rings.